The van der Waals surface area contributed by atoms with E-state index < -0.39 is 14.6 Å². The summed E-state index contributed by atoms with van der Waals surface area (Å²) >= 11 is 2.39. The standard InChI is InChI=1S/C12H13IO3S/c1-16-9-2-4-10(5-3-9)17(14,15)12-6-11(13,7-12)8-12/h2-5H,6-8H2,1H3. The minimum atomic E-state index is -3.16. The van der Waals surface area contributed by atoms with E-state index in [-0.39, 0.29) is 3.42 Å². The van der Waals surface area contributed by atoms with Gasteiger partial charge >= 0.3 is 0 Å². The van der Waals surface area contributed by atoms with Crippen molar-refractivity contribution in [1.82, 2.24) is 0 Å². The Balaban J connectivity index is 1.93. The van der Waals surface area contributed by atoms with Crippen LogP contribution in [0.25, 0.3) is 0 Å². The molecule has 5 heteroatoms. The zero-order chi connectivity index (χ0) is 12.3. The lowest BCUT2D eigenvalue weighted by molar-refractivity contribution is 0.103. The van der Waals surface area contributed by atoms with Crippen LogP contribution in [0.5, 0.6) is 5.75 Å². The van der Waals surface area contributed by atoms with Gasteiger partial charge in [0.05, 0.1) is 16.8 Å². The molecule has 0 amide bonds. The summed E-state index contributed by atoms with van der Waals surface area (Å²) < 4.78 is 29.8. The Labute approximate surface area is 115 Å². The van der Waals surface area contributed by atoms with Crippen LogP contribution in [0.4, 0.5) is 0 Å². The maximum atomic E-state index is 12.5. The maximum Gasteiger partial charge on any atom is 0.184 e. The SMILES string of the molecule is COc1ccc(S(=O)(=O)C23CC(I)(C2)C3)cc1. The molecule has 2 bridgehead atoms. The van der Waals surface area contributed by atoms with Gasteiger partial charge in [-0.3, -0.25) is 0 Å². The minimum Gasteiger partial charge on any atom is -0.497 e. The molecular formula is C12H13IO3S. The Morgan fingerprint density at radius 3 is 2.12 bits per heavy atom. The van der Waals surface area contributed by atoms with Gasteiger partial charge in [0.25, 0.3) is 0 Å². The van der Waals surface area contributed by atoms with Crippen LogP contribution in [0.2, 0.25) is 0 Å². The second-order valence-corrected chi connectivity index (χ2v) is 9.68. The molecule has 3 fully saturated rings. The number of sulfone groups is 1. The molecule has 3 saturated carbocycles. The summed E-state index contributed by atoms with van der Waals surface area (Å²) in [7, 11) is -1.59. The van der Waals surface area contributed by atoms with E-state index >= 15 is 0 Å². The van der Waals surface area contributed by atoms with Gasteiger partial charge in [-0.1, -0.05) is 22.6 Å². The molecule has 17 heavy (non-hydrogen) atoms. The van der Waals surface area contributed by atoms with Crippen molar-refractivity contribution in [3.63, 3.8) is 0 Å². The van der Waals surface area contributed by atoms with Gasteiger partial charge in [0.2, 0.25) is 0 Å². The van der Waals surface area contributed by atoms with Crippen LogP contribution < -0.4 is 4.74 Å². The highest BCUT2D eigenvalue weighted by molar-refractivity contribution is 14.1. The van der Waals surface area contributed by atoms with E-state index in [2.05, 4.69) is 22.6 Å². The van der Waals surface area contributed by atoms with Crippen molar-refractivity contribution in [2.75, 3.05) is 7.11 Å². The molecule has 3 nitrogen and oxygen atoms in total. The third-order valence-electron chi connectivity index (χ3n) is 3.86. The van der Waals surface area contributed by atoms with Gasteiger partial charge < -0.3 is 4.74 Å². The van der Waals surface area contributed by atoms with Crippen LogP contribution in [0, 0.1) is 0 Å². The second-order valence-electron chi connectivity index (χ2n) is 5.04. The van der Waals surface area contributed by atoms with Crippen LogP contribution in [0.15, 0.2) is 29.2 Å². The second kappa shape index (κ2) is 3.38. The molecule has 1 aromatic rings. The van der Waals surface area contributed by atoms with Crippen molar-refractivity contribution in [1.29, 1.82) is 0 Å². The van der Waals surface area contributed by atoms with Crippen molar-refractivity contribution >= 4 is 32.4 Å². The predicted octanol–water partition coefficient (Wildman–Crippen LogP) is 2.58. The Morgan fingerprint density at radius 1 is 1.18 bits per heavy atom. The molecular weight excluding hydrogens is 351 g/mol. The third-order valence-corrected chi connectivity index (χ3v) is 7.47. The van der Waals surface area contributed by atoms with Gasteiger partial charge in [0.1, 0.15) is 5.75 Å². The summed E-state index contributed by atoms with van der Waals surface area (Å²) in [5, 5.41) is 0. The van der Waals surface area contributed by atoms with E-state index in [1.54, 1.807) is 31.4 Å². The molecule has 0 spiro atoms. The number of rotatable bonds is 3. The van der Waals surface area contributed by atoms with E-state index in [1.807, 2.05) is 0 Å². The number of halogens is 1. The van der Waals surface area contributed by atoms with Gasteiger partial charge in [-0.2, -0.15) is 0 Å². The quantitative estimate of drug-likeness (QED) is 0.612. The molecule has 3 aliphatic rings. The molecule has 92 valence electrons. The van der Waals surface area contributed by atoms with Crippen LogP contribution >= 0.6 is 22.6 Å². The number of hydrogen-bond donors (Lipinski definition) is 0. The van der Waals surface area contributed by atoms with Crippen LogP contribution in [0.3, 0.4) is 0 Å². The molecule has 0 atom stereocenters. The zero-order valence-electron chi connectivity index (χ0n) is 9.44. The molecule has 0 aromatic heterocycles. The van der Waals surface area contributed by atoms with Crippen molar-refractivity contribution in [3.8, 4) is 5.75 Å². The van der Waals surface area contributed by atoms with Crippen molar-refractivity contribution in [3.05, 3.63) is 24.3 Å². The van der Waals surface area contributed by atoms with Crippen molar-refractivity contribution < 1.29 is 13.2 Å². The Hall–Kier alpha value is -0.300. The minimum absolute atomic E-state index is 0.275. The average molecular weight is 364 g/mol. The highest BCUT2D eigenvalue weighted by Crippen LogP contribution is 2.70. The lowest BCUT2D eigenvalue weighted by Crippen LogP contribution is -2.71. The Morgan fingerprint density at radius 2 is 1.71 bits per heavy atom. The first-order valence-corrected chi connectivity index (χ1v) is 8.05. The lowest BCUT2D eigenvalue weighted by Gasteiger charge is -2.66. The van der Waals surface area contributed by atoms with E-state index in [0.29, 0.717) is 10.6 Å². The first kappa shape index (κ1) is 11.8. The Kier molecular flexibility index (Phi) is 2.34. The van der Waals surface area contributed by atoms with E-state index in [9.17, 15) is 8.42 Å². The highest BCUT2D eigenvalue weighted by Gasteiger charge is 2.73. The first-order valence-electron chi connectivity index (χ1n) is 5.49. The summed E-state index contributed by atoms with van der Waals surface area (Å²) in [6.45, 7) is 0. The molecule has 0 N–H and O–H groups in total. The third kappa shape index (κ3) is 1.47. The summed E-state index contributed by atoms with van der Waals surface area (Å²) in [6, 6.07) is 6.71. The largest absolute Gasteiger partial charge is 0.497 e. The molecule has 3 aliphatic carbocycles. The molecule has 0 saturated heterocycles. The fraction of sp³-hybridized carbons (Fsp3) is 0.500. The Bertz CT molecular complexity index is 542. The number of hydrogen-bond acceptors (Lipinski definition) is 3. The molecule has 0 unspecified atom stereocenters. The summed E-state index contributed by atoms with van der Waals surface area (Å²) in [5.74, 6) is 0.687. The van der Waals surface area contributed by atoms with Gasteiger partial charge in [0.15, 0.2) is 9.84 Å². The molecule has 1 aromatic carbocycles. The summed E-state index contributed by atoms with van der Waals surface area (Å²) in [4.78, 5) is 0.427. The van der Waals surface area contributed by atoms with Gasteiger partial charge in [-0.15, -0.1) is 0 Å². The smallest absolute Gasteiger partial charge is 0.184 e. The topological polar surface area (TPSA) is 43.4 Å². The molecule has 0 radical (unpaired) electrons. The predicted molar refractivity (Wildman–Crippen MR) is 73.5 cm³/mol. The van der Waals surface area contributed by atoms with E-state index in [1.165, 1.54) is 0 Å². The van der Waals surface area contributed by atoms with E-state index in [0.717, 1.165) is 19.3 Å². The molecule has 0 heterocycles. The molecule has 4 rings (SSSR count). The highest BCUT2D eigenvalue weighted by atomic mass is 127. The number of ether oxygens (including phenoxy) is 1. The van der Waals surface area contributed by atoms with E-state index in [4.69, 9.17) is 4.74 Å². The zero-order valence-corrected chi connectivity index (χ0v) is 12.4. The monoisotopic (exact) mass is 364 g/mol. The number of benzene rings is 1. The normalized spacial score (nSPS) is 34.7. The van der Waals surface area contributed by atoms with Crippen molar-refractivity contribution in [2.24, 2.45) is 0 Å². The fourth-order valence-electron chi connectivity index (χ4n) is 2.87. The first-order chi connectivity index (χ1) is 7.91. The van der Waals surface area contributed by atoms with Crippen LogP contribution in [-0.2, 0) is 9.84 Å². The van der Waals surface area contributed by atoms with Crippen molar-refractivity contribution in [2.45, 2.75) is 32.3 Å². The van der Waals surface area contributed by atoms with Crippen LogP contribution in [0.1, 0.15) is 19.3 Å². The molecule has 0 aliphatic heterocycles. The van der Waals surface area contributed by atoms with Gasteiger partial charge in [0, 0.05) is 3.42 Å². The lowest BCUT2D eigenvalue weighted by atomic mass is 9.55. The number of methoxy groups -OCH3 is 1. The summed E-state index contributed by atoms with van der Waals surface area (Å²) in [6.07, 6.45) is 2.44. The van der Waals surface area contributed by atoms with Gasteiger partial charge in [-0.25, -0.2) is 8.42 Å². The maximum absolute atomic E-state index is 12.5. The van der Waals surface area contributed by atoms with Gasteiger partial charge in [-0.05, 0) is 43.5 Å². The number of alkyl halides is 1. The fourth-order valence-corrected chi connectivity index (χ4v) is 8.23. The van der Waals surface area contributed by atoms with Crippen LogP contribution in [-0.4, -0.2) is 23.7 Å². The average Bonchev–Trinajstić information content (AvgIpc) is 2.23. The summed E-state index contributed by atoms with van der Waals surface area (Å²) in [5.41, 5.74) is 0.